The first kappa shape index (κ1) is 12.8. The van der Waals surface area contributed by atoms with E-state index in [4.69, 9.17) is 5.73 Å². The van der Waals surface area contributed by atoms with Gasteiger partial charge in [-0.05, 0) is 18.6 Å². The minimum absolute atomic E-state index is 0.165. The molecule has 0 saturated heterocycles. The Kier molecular flexibility index (Phi) is 2.82. The molecule has 2 aromatic carbocycles. The molecule has 4 heteroatoms. The third kappa shape index (κ3) is 1.77. The summed E-state index contributed by atoms with van der Waals surface area (Å²) in [7, 11) is 0. The summed E-state index contributed by atoms with van der Waals surface area (Å²) in [4.78, 5) is 8.65. The smallest absolute Gasteiger partial charge is 0.147 e. The molecule has 0 bridgehead atoms. The highest BCUT2D eigenvalue weighted by Gasteiger charge is 2.18. The second-order valence-electron chi connectivity index (χ2n) is 5.43. The van der Waals surface area contributed by atoms with Gasteiger partial charge in [0, 0.05) is 5.39 Å². The van der Waals surface area contributed by atoms with Gasteiger partial charge in [0.25, 0.3) is 0 Å². The van der Waals surface area contributed by atoms with Crippen LogP contribution in [0, 0.1) is 0 Å². The summed E-state index contributed by atoms with van der Waals surface area (Å²) in [5, 5.41) is 2.03. The lowest BCUT2D eigenvalue weighted by Gasteiger charge is -2.16. The van der Waals surface area contributed by atoms with Crippen LogP contribution in [0.4, 0.5) is 5.82 Å². The molecule has 22 heavy (non-hydrogen) atoms. The molecule has 0 amide bonds. The summed E-state index contributed by atoms with van der Waals surface area (Å²) in [6.45, 7) is 2.18. The molecule has 4 nitrogen and oxygen atoms in total. The van der Waals surface area contributed by atoms with E-state index >= 15 is 0 Å². The number of nitrogen functional groups attached to an aromatic ring is 1. The summed E-state index contributed by atoms with van der Waals surface area (Å²) in [5.41, 5.74) is 9.35. The Morgan fingerprint density at radius 3 is 2.50 bits per heavy atom. The molecule has 4 aromatic rings. The maximum Gasteiger partial charge on any atom is 0.147 e. The zero-order valence-electron chi connectivity index (χ0n) is 12.3. The van der Waals surface area contributed by atoms with Crippen LogP contribution in [0.1, 0.15) is 18.5 Å². The molecule has 0 unspecified atom stereocenters. The lowest BCUT2D eigenvalue weighted by atomic mass is 10.1. The van der Waals surface area contributed by atoms with Crippen molar-refractivity contribution in [3.63, 3.8) is 0 Å². The third-order valence-corrected chi connectivity index (χ3v) is 4.19. The van der Waals surface area contributed by atoms with Crippen molar-refractivity contribution >= 4 is 27.8 Å². The van der Waals surface area contributed by atoms with Crippen molar-refractivity contribution in [2.75, 3.05) is 5.73 Å². The molecule has 0 aliphatic heterocycles. The Hall–Kier alpha value is -2.88. The van der Waals surface area contributed by atoms with E-state index in [0.29, 0.717) is 5.82 Å². The zero-order chi connectivity index (χ0) is 15.1. The largest absolute Gasteiger partial charge is 0.383 e. The van der Waals surface area contributed by atoms with Gasteiger partial charge < -0.3 is 10.3 Å². The fourth-order valence-electron chi connectivity index (χ4n) is 3.11. The van der Waals surface area contributed by atoms with Gasteiger partial charge in [0.2, 0.25) is 0 Å². The topological polar surface area (TPSA) is 56.7 Å². The van der Waals surface area contributed by atoms with Gasteiger partial charge in [-0.2, -0.15) is 0 Å². The number of nitrogens with two attached hydrogens (primary N) is 1. The molecule has 1 atom stereocenters. The van der Waals surface area contributed by atoms with Crippen LogP contribution in [-0.2, 0) is 0 Å². The van der Waals surface area contributed by atoms with Gasteiger partial charge in [-0.3, -0.25) is 0 Å². The Balaban J connectivity index is 2.10. The summed E-state index contributed by atoms with van der Waals surface area (Å²) >= 11 is 0. The van der Waals surface area contributed by atoms with Gasteiger partial charge in [0.1, 0.15) is 17.8 Å². The minimum atomic E-state index is 0.165. The minimum Gasteiger partial charge on any atom is -0.383 e. The number of hydrogen-bond donors (Lipinski definition) is 1. The monoisotopic (exact) mass is 288 g/mol. The van der Waals surface area contributed by atoms with Crippen LogP contribution < -0.4 is 5.73 Å². The summed E-state index contributed by atoms with van der Waals surface area (Å²) in [5.74, 6) is 0.528. The third-order valence-electron chi connectivity index (χ3n) is 4.19. The van der Waals surface area contributed by atoms with Crippen molar-refractivity contribution in [3.8, 4) is 0 Å². The fraction of sp³-hybridized carbons (Fsp3) is 0.111. The van der Waals surface area contributed by atoms with Gasteiger partial charge in [-0.25, -0.2) is 9.97 Å². The molecule has 0 fully saturated rings. The Morgan fingerprint density at radius 2 is 1.68 bits per heavy atom. The normalized spacial score (nSPS) is 12.8. The first-order chi connectivity index (χ1) is 10.8. The molecule has 108 valence electrons. The molecule has 2 N–H and O–H groups in total. The molecule has 0 aliphatic rings. The highest BCUT2D eigenvalue weighted by molar-refractivity contribution is 6.11. The molecule has 2 heterocycles. The van der Waals surface area contributed by atoms with Crippen molar-refractivity contribution in [2.24, 2.45) is 0 Å². The highest BCUT2D eigenvalue weighted by atomic mass is 15.1. The predicted octanol–water partition coefficient (Wildman–Crippen LogP) is 3.78. The first-order valence-corrected chi connectivity index (χ1v) is 7.31. The van der Waals surface area contributed by atoms with Crippen LogP contribution in [0.15, 0.2) is 60.9 Å². The van der Waals surface area contributed by atoms with E-state index in [1.165, 1.54) is 11.9 Å². The molecule has 2 aromatic heterocycles. The second-order valence-corrected chi connectivity index (χ2v) is 5.43. The number of benzene rings is 2. The molecule has 0 radical (unpaired) electrons. The average molecular weight is 288 g/mol. The van der Waals surface area contributed by atoms with Crippen molar-refractivity contribution in [1.29, 1.82) is 0 Å². The Labute approximate surface area is 128 Å². The second kappa shape index (κ2) is 4.84. The van der Waals surface area contributed by atoms with Crippen molar-refractivity contribution < 1.29 is 0 Å². The number of fused-ring (bicyclic) bond motifs is 3. The molecular weight excluding hydrogens is 272 g/mol. The van der Waals surface area contributed by atoms with E-state index in [1.807, 2.05) is 18.2 Å². The molecule has 0 saturated carbocycles. The quantitative estimate of drug-likeness (QED) is 0.610. The highest BCUT2D eigenvalue weighted by Crippen LogP contribution is 2.34. The van der Waals surface area contributed by atoms with Gasteiger partial charge in [-0.1, -0.05) is 48.5 Å². The van der Waals surface area contributed by atoms with E-state index in [2.05, 4.69) is 57.9 Å². The van der Waals surface area contributed by atoms with Crippen molar-refractivity contribution in [3.05, 3.63) is 66.5 Å². The number of hydrogen-bond acceptors (Lipinski definition) is 3. The Morgan fingerprint density at radius 1 is 0.955 bits per heavy atom. The standard InChI is InChI=1S/C18H16N4/c1-12(13-7-3-2-4-8-13)22-15-10-6-5-9-14(15)16-17(19)20-11-21-18(16)22/h2-12H,1H3,(H2,19,20,21)/t12-/m0/s1. The molecule has 0 spiro atoms. The van der Waals surface area contributed by atoms with E-state index in [1.54, 1.807) is 0 Å². The van der Waals surface area contributed by atoms with Crippen LogP contribution in [0.25, 0.3) is 21.9 Å². The van der Waals surface area contributed by atoms with E-state index < -0.39 is 0 Å². The first-order valence-electron chi connectivity index (χ1n) is 7.31. The summed E-state index contributed by atoms with van der Waals surface area (Å²) in [6, 6.07) is 18.8. The summed E-state index contributed by atoms with van der Waals surface area (Å²) < 4.78 is 2.23. The van der Waals surface area contributed by atoms with Gasteiger partial charge in [0.05, 0.1) is 16.9 Å². The Bertz CT molecular complexity index is 957. The number of rotatable bonds is 2. The lowest BCUT2D eigenvalue weighted by Crippen LogP contribution is -2.07. The SMILES string of the molecule is C[C@@H](c1ccccc1)n1c2ccccc2c2c(N)ncnc21. The van der Waals surface area contributed by atoms with Gasteiger partial charge >= 0.3 is 0 Å². The van der Waals surface area contributed by atoms with Crippen LogP contribution in [0.5, 0.6) is 0 Å². The van der Waals surface area contributed by atoms with Gasteiger partial charge in [0.15, 0.2) is 0 Å². The predicted molar refractivity (Wildman–Crippen MR) is 89.7 cm³/mol. The molecule has 0 aliphatic carbocycles. The summed E-state index contributed by atoms with van der Waals surface area (Å²) in [6.07, 6.45) is 1.53. The maximum atomic E-state index is 6.11. The molecule has 4 rings (SSSR count). The van der Waals surface area contributed by atoms with Crippen molar-refractivity contribution in [1.82, 2.24) is 14.5 Å². The number of anilines is 1. The number of nitrogens with zero attached hydrogens (tertiary/aromatic N) is 3. The molecular formula is C18H16N4. The van der Waals surface area contributed by atoms with E-state index in [0.717, 1.165) is 21.9 Å². The maximum absolute atomic E-state index is 6.11. The number of para-hydroxylation sites is 1. The van der Waals surface area contributed by atoms with Gasteiger partial charge in [-0.15, -0.1) is 0 Å². The van der Waals surface area contributed by atoms with Crippen LogP contribution >= 0.6 is 0 Å². The van der Waals surface area contributed by atoms with Crippen LogP contribution in [0.2, 0.25) is 0 Å². The van der Waals surface area contributed by atoms with Crippen molar-refractivity contribution in [2.45, 2.75) is 13.0 Å². The van der Waals surface area contributed by atoms with E-state index in [-0.39, 0.29) is 6.04 Å². The average Bonchev–Trinajstić information content (AvgIpc) is 2.90. The number of aromatic nitrogens is 3. The van der Waals surface area contributed by atoms with Crippen LogP contribution in [-0.4, -0.2) is 14.5 Å². The fourth-order valence-corrected chi connectivity index (χ4v) is 3.11. The lowest BCUT2D eigenvalue weighted by molar-refractivity contribution is 0.679. The zero-order valence-corrected chi connectivity index (χ0v) is 12.3. The van der Waals surface area contributed by atoms with E-state index in [9.17, 15) is 0 Å². The van der Waals surface area contributed by atoms with Crippen LogP contribution in [0.3, 0.4) is 0 Å².